The predicted octanol–water partition coefficient (Wildman–Crippen LogP) is 4.45. The van der Waals surface area contributed by atoms with Gasteiger partial charge in [0.25, 0.3) is 0 Å². The molecule has 0 saturated carbocycles. The maximum atomic E-state index is 14.1. The van der Waals surface area contributed by atoms with Crippen LogP contribution in [0.3, 0.4) is 0 Å². The van der Waals surface area contributed by atoms with Gasteiger partial charge in [-0.25, -0.2) is 14.2 Å². The van der Waals surface area contributed by atoms with Crippen molar-refractivity contribution in [3.8, 4) is 5.75 Å². The van der Waals surface area contributed by atoms with Crippen molar-refractivity contribution in [2.75, 3.05) is 19.5 Å². The standard InChI is InChI=1S/C17H18BrFN2O3/c1-8-6-11(18)16(20-14(8)17(22)24-5)21-15-9(2)12(19)7-13(23-4)10(15)3/h6-7H,1-5H3,(H,20,21). The minimum atomic E-state index is -0.534. The summed E-state index contributed by atoms with van der Waals surface area (Å²) in [5.74, 6) is -0.110. The Morgan fingerprint density at radius 3 is 2.46 bits per heavy atom. The molecule has 0 aliphatic heterocycles. The fourth-order valence-electron chi connectivity index (χ4n) is 2.34. The van der Waals surface area contributed by atoms with Crippen molar-refractivity contribution in [1.82, 2.24) is 4.98 Å². The normalized spacial score (nSPS) is 10.5. The summed E-state index contributed by atoms with van der Waals surface area (Å²) >= 11 is 3.41. The number of nitrogens with zero attached hydrogens (tertiary/aromatic N) is 1. The van der Waals surface area contributed by atoms with Gasteiger partial charge in [-0.1, -0.05) is 0 Å². The minimum Gasteiger partial charge on any atom is -0.496 e. The van der Waals surface area contributed by atoms with E-state index in [9.17, 15) is 9.18 Å². The zero-order valence-electron chi connectivity index (χ0n) is 14.1. The molecule has 1 aromatic heterocycles. The van der Waals surface area contributed by atoms with Crippen molar-refractivity contribution < 1.29 is 18.7 Å². The average Bonchev–Trinajstić information content (AvgIpc) is 2.55. The molecule has 2 rings (SSSR count). The van der Waals surface area contributed by atoms with Crippen LogP contribution in [0.4, 0.5) is 15.9 Å². The lowest BCUT2D eigenvalue weighted by atomic mass is 10.1. The first-order valence-electron chi connectivity index (χ1n) is 7.16. The summed E-state index contributed by atoms with van der Waals surface area (Å²) in [4.78, 5) is 16.1. The van der Waals surface area contributed by atoms with E-state index in [-0.39, 0.29) is 5.69 Å². The van der Waals surface area contributed by atoms with E-state index in [1.54, 1.807) is 19.9 Å². The van der Waals surface area contributed by atoms with E-state index >= 15 is 0 Å². The molecule has 5 nitrogen and oxygen atoms in total. The maximum Gasteiger partial charge on any atom is 0.357 e. The summed E-state index contributed by atoms with van der Waals surface area (Å²) in [7, 11) is 2.78. The fourth-order valence-corrected chi connectivity index (χ4v) is 2.88. The number of rotatable bonds is 4. The zero-order valence-corrected chi connectivity index (χ0v) is 15.7. The van der Waals surface area contributed by atoms with Gasteiger partial charge in [-0.05, 0) is 48.3 Å². The molecule has 0 spiro atoms. The van der Waals surface area contributed by atoms with Gasteiger partial charge in [0.15, 0.2) is 5.69 Å². The Morgan fingerprint density at radius 2 is 1.88 bits per heavy atom. The molecule has 2 aromatic rings. The second-order valence-corrected chi connectivity index (χ2v) is 6.14. The van der Waals surface area contributed by atoms with E-state index in [0.717, 1.165) is 5.56 Å². The topological polar surface area (TPSA) is 60.5 Å². The van der Waals surface area contributed by atoms with Crippen LogP contribution >= 0.6 is 15.9 Å². The van der Waals surface area contributed by atoms with Crippen LogP contribution in [0.15, 0.2) is 16.6 Å². The Bertz CT molecular complexity index is 809. The van der Waals surface area contributed by atoms with Crippen molar-refractivity contribution in [1.29, 1.82) is 0 Å². The molecule has 0 radical (unpaired) electrons. The molecule has 0 atom stereocenters. The third-order valence-electron chi connectivity index (χ3n) is 3.74. The fraction of sp³-hybridized carbons (Fsp3) is 0.294. The Hall–Kier alpha value is -2.15. The Labute approximate surface area is 148 Å². The van der Waals surface area contributed by atoms with Gasteiger partial charge in [-0.15, -0.1) is 0 Å². The molecule has 0 unspecified atom stereocenters. The molecule has 0 bridgehead atoms. The molecule has 0 saturated heterocycles. The number of aryl methyl sites for hydroxylation is 1. The quantitative estimate of drug-likeness (QED) is 0.773. The van der Waals surface area contributed by atoms with Gasteiger partial charge in [0.2, 0.25) is 0 Å². The number of methoxy groups -OCH3 is 2. The van der Waals surface area contributed by atoms with E-state index < -0.39 is 11.8 Å². The van der Waals surface area contributed by atoms with E-state index in [0.29, 0.717) is 32.9 Å². The van der Waals surface area contributed by atoms with Gasteiger partial charge >= 0.3 is 5.97 Å². The number of halogens is 2. The summed E-state index contributed by atoms with van der Waals surface area (Å²) in [5.41, 5.74) is 2.58. The molecule has 24 heavy (non-hydrogen) atoms. The van der Waals surface area contributed by atoms with Crippen molar-refractivity contribution in [3.05, 3.63) is 44.8 Å². The largest absolute Gasteiger partial charge is 0.496 e. The number of ether oxygens (including phenoxy) is 2. The van der Waals surface area contributed by atoms with Crippen molar-refractivity contribution in [3.63, 3.8) is 0 Å². The highest BCUT2D eigenvalue weighted by Crippen LogP contribution is 2.35. The third-order valence-corrected chi connectivity index (χ3v) is 4.35. The molecule has 0 amide bonds. The van der Waals surface area contributed by atoms with Gasteiger partial charge in [0, 0.05) is 17.2 Å². The number of anilines is 2. The predicted molar refractivity (Wildman–Crippen MR) is 93.7 cm³/mol. The monoisotopic (exact) mass is 396 g/mol. The molecule has 1 heterocycles. The lowest BCUT2D eigenvalue weighted by Gasteiger charge is -2.17. The SMILES string of the molecule is COC(=O)c1nc(Nc2c(C)c(F)cc(OC)c2C)c(Br)cc1C. The summed E-state index contributed by atoms with van der Waals surface area (Å²) in [6.07, 6.45) is 0. The van der Waals surface area contributed by atoms with Crippen LogP contribution < -0.4 is 10.1 Å². The number of pyridine rings is 1. The van der Waals surface area contributed by atoms with Crippen LogP contribution in [0.1, 0.15) is 27.2 Å². The Morgan fingerprint density at radius 1 is 1.21 bits per heavy atom. The van der Waals surface area contributed by atoms with Crippen LogP contribution in [0.5, 0.6) is 5.75 Å². The van der Waals surface area contributed by atoms with E-state index in [1.807, 2.05) is 6.92 Å². The van der Waals surface area contributed by atoms with E-state index in [1.165, 1.54) is 20.3 Å². The summed E-state index contributed by atoms with van der Waals surface area (Å²) in [5, 5.41) is 3.09. The number of carbonyl (C=O) groups is 1. The van der Waals surface area contributed by atoms with Gasteiger partial charge in [0.1, 0.15) is 17.4 Å². The van der Waals surface area contributed by atoms with Crippen molar-refractivity contribution in [2.24, 2.45) is 0 Å². The molecular weight excluding hydrogens is 379 g/mol. The molecule has 1 aromatic carbocycles. The van der Waals surface area contributed by atoms with Gasteiger partial charge < -0.3 is 14.8 Å². The highest BCUT2D eigenvalue weighted by molar-refractivity contribution is 9.10. The van der Waals surface area contributed by atoms with Crippen LogP contribution in [0, 0.1) is 26.6 Å². The summed E-state index contributed by atoms with van der Waals surface area (Å²) in [6, 6.07) is 3.09. The molecule has 128 valence electrons. The van der Waals surface area contributed by atoms with E-state index in [4.69, 9.17) is 9.47 Å². The molecule has 7 heteroatoms. The number of benzene rings is 1. The Kier molecular flexibility index (Phi) is 5.43. The average molecular weight is 397 g/mol. The molecule has 1 N–H and O–H groups in total. The van der Waals surface area contributed by atoms with Gasteiger partial charge in [0.05, 0.1) is 24.4 Å². The van der Waals surface area contributed by atoms with Crippen molar-refractivity contribution in [2.45, 2.75) is 20.8 Å². The highest BCUT2D eigenvalue weighted by Gasteiger charge is 2.18. The first-order chi connectivity index (χ1) is 11.3. The van der Waals surface area contributed by atoms with Crippen LogP contribution in [0.25, 0.3) is 0 Å². The molecule has 0 fully saturated rings. The third kappa shape index (κ3) is 3.36. The number of aromatic nitrogens is 1. The first-order valence-corrected chi connectivity index (χ1v) is 7.95. The minimum absolute atomic E-state index is 0.196. The van der Waals surface area contributed by atoms with Crippen LogP contribution in [-0.2, 0) is 4.74 Å². The molecule has 0 aliphatic rings. The lowest BCUT2D eigenvalue weighted by molar-refractivity contribution is 0.0593. The first kappa shape index (κ1) is 18.2. The molecular formula is C17H18BrFN2O3. The summed E-state index contributed by atoms with van der Waals surface area (Å²) < 4.78 is 24.7. The summed E-state index contributed by atoms with van der Waals surface area (Å²) in [6.45, 7) is 5.24. The molecule has 0 aliphatic carbocycles. The smallest absolute Gasteiger partial charge is 0.357 e. The number of hydrogen-bond acceptors (Lipinski definition) is 5. The number of nitrogens with one attached hydrogen (secondary N) is 1. The second kappa shape index (κ2) is 7.17. The lowest BCUT2D eigenvalue weighted by Crippen LogP contribution is -2.10. The zero-order chi connectivity index (χ0) is 18.0. The van der Waals surface area contributed by atoms with Crippen LogP contribution in [0.2, 0.25) is 0 Å². The van der Waals surface area contributed by atoms with Gasteiger partial charge in [-0.3, -0.25) is 0 Å². The Balaban J connectivity index is 2.56. The highest BCUT2D eigenvalue weighted by atomic mass is 79.9. The number of esters is 1. The van der Waals surface area contributed by atoms with Crippen molar-refractivity contribution >= 4 is 33.4 Å². The maximum absolute atomic E-state index is 14.1. The number of carbonyl (C=O) groups excluding carboxylic acids is 1. The van der Waals surface area contributed by atoms with Crippen LogP contribution in [-0.4, -0.2) is 25.2 Å². The second-order valence-electron chi connectivity index (χ2n) is 5.29. The van der Waals surface area contributed by atoms with E-state index in [2.05, 4.69) is 26.2 Å². The van der Waals surface area contributed by atoms with Gasteiger partial charge in [-0.2, -0.15) is 0 Å². The number of hydrogen-bond donors (Lipinski definition) is 1.